The van der Waals surface area contributed by atoms with E-state index in [0.29, 0.717) is 17.3 Å². The number of nitrogens with one attached hydrogen (secondary N) is 1. The average molecular weight is 348 g/mol. The molecule has 0 radical (unpaired) electrons. The Hall–Kier alpha value is -3.61. The van der Waals surface area contributed by atoms with Gasteiger partial charge in [0.1, 0.15) is 17.4 Å². The molecule has 0 spiro atoms. The minimum absolute atomic E-state index is 0.287. The maximum Gasteiger partial charge on any atom is 0.157 e. The summed E-state index contributed by atoms with van der Waals surface area (Å²) in [6, 6.07) is 11.3. The topological polar surface area (TPSA) is 111 Å². The molecular weight excluding hydrogens is 328 g/mol. The van der Waals surface area contributed by atoms with E-state index in [1.807, 2.05) is 36.4 Å². The van der Waals surface area contributed by atoms with Crippen LogP contribution in [0, 0.1) is 0 Å². The molecule has 0 unspecified atom stereocenters. The molecule has 0 fully saturated rings. The molecule has 7 nitrogen and oxygen atoms in total. The van der Waals surface area contributed by atoms with Gasteiger partial charge in [0.25, 0.3) is 0 Å². The Morgan fingerprint density at radius 3 is 2.62 bits per heavy atom. The minimum Gasteiger partial charge on any atom is -0.497 e. The number of nitrogens with two attached hydrogens (primary N) is 2. The summed E-state index contributed by atoms with van der Waals surface area (Å²) < 4.78 is 5.32. The third kappa shape index (κ3) is 4.07. The molecule has 0 amide bonds. The zero-order chi connectivity index (χ0) is 18.5. The Morgan fingerprint density at radius 2 is 1.92 bits per heavy atom. The third-order valence-corrected chi connectivity index (χ3v) is 3.59. The van der Waals surface area contributed by atoms with Crippen molar-refractivity contribution in [2.24, 2.45) is 16.5 Å². The van der Waals surface area contributed by atoms with Crippen molar-refractivity contribution >= 4 is 33.9 Å². The molecule has 2 heterocycles. The molecule has 0 atom stereocenters. The summed E-state index contributed by atoms with van der Waals surface area (Å²) in [4.78, 5) is 13.0. The molecule has 3 aromatic rings. The van der Waals surface area contributed by atoms with E-state index in [2.05, 4.69) is 20.3 Å². The number of benzene rings is 1. The van der Waals surface area contributed by atoms with Crippen molar-refractivity contribution in [2.45, 2.75) is 6.92 Å². The van der Waals surface area contributed by atoms with E-state index in [9.17, 15) is 0 Å². The quantitative estimate of drug-likeness (QED) is 0.482. The number of fused-ring (bicyclic) bond motifs is 1. The van der Waals surface area contributed by atoms with Crippen molar-refractivity contribution in [3.8, 4) is 5.75 Å². The predicted octanol–water partition coefficient (Wildman–Crippen LogP) is 3.23. The van der Waals surface area contributed by atoms with Gasteiger partial charge in [0.2, 0.25) is 0 Å². The summed E-state index contributed by atoms with van der Waals surface area (Å²) in [5.74, 6) is 2.17. The zero-order valence-corrected chi connectivity index (χ0v) is 14.6. The molecule has 0 aliphatic heterocycles. The highest BCUT2D eigenvalue weighted by atomic mass is 16.5. The molecule has 0 aliphatic rings. The van der Waals surface area contributed by atoms with Crippen LogP contribution in [0.25, 0.3) is 10.8 Å². The highest BCUT2D eigenvalue weighted by Gasteiger charge is 2.08. The Morgan fingerprint density at radius 1 is 1.15 bits per heavy atom. The Bertz CT molecular complexity index is 978. The van der Waals surface area contributed by atoms with E-state index in [-0.39, 0.29) is 5.84 Å². The molecule has 132 valence electrons. The summed E-state index contributed by atoms with van der Waals surface area (Å²) in [6.45, 7) is 1.75. The SMILES string of the molecule is COc1ccc2c(Nc3ccncc3)nc(N=C(N)/C=C(/C)N)cc2c1. The summed E-state index contributed by atoms with van der Waals surface area (Å²) >= 11 is 0. The second-order valence-electron chi connectivity index (χ2n) is 5.70. The van der Waals surface area contributed by atoms with Gasteiger partial charge in [-0.3, -0.25) is 4.98 Å². The Kier molecular flexibility index (Phi) is 4.98. The monoisotopic (exact) mass is 348 g/mol. The van der Waals surface area contributed by atoms with Crippen LogP contribution in [0.1, 0.15) is 6.92 Å². The lowest BCUT2D eigenvalue weighted by atomic mass is 10.1. The number of methoxy groups -OCH3 is 1. The number of aromatic nitrogens is 2. The lowest BCUT2D eigenvalue weighted by molar-refractivity contribution is 0.415. The fraction of sp³-hybridized carbons (Fsp3) is 0.105. The van der Waals surface area contributed by atoms with Gasteiger partial charge in [0, 0.05) is 29.2 Å². The summed E-state index contributed by atoms with van der Waals surface area (Å²) in [5.41, 5.74) is 13.0. The second kappa shape index (κ2) is 7.52. The van der Waals surface area contributed by atoms with E-state index in [1.165, 1.54) is 0 Å². The summed E-state index contributed by atoms with van der Waals surface area (Å²) in [5, 5.41) is 5.16. The van der Waals surface area contributed by atoms with Crippen molar-refractivity contribution in [2.75, 3.05) is 12.4 Å². The average Bonchev–Trinajstić information content (AvgIpc) is 2.61. The molecule has 0 bridgehead atoms. The number of nitrogens with zero attached hydrogens (tertiary/aromatic N) is 3. The number of anilines is 2. The first-order chi connectivity index (χ1) is 12.5. The number of rotatable bonds is 5. The molecule has 26 heavy (non-hydrogen) atoms. The van der Waals surface area contributed by atoms with E-state index in [0.717, 1.165) is 22.2 Å². The summed E-state index contributed by atoms with van der Waals surface area (Å²) in [7, 11) is 1.63. The van der Waals surface area contributed by atoms with Crippen LogP contribution in [0.2, 0.25) is 0 Å². The maximum absolute atomic E-state index is 5.91. The van der Waals surface area contributed by atoms with Gasteiger partial charge < -0.3 is 21.5 Å². The maximum atomic E-state index is 5.91. The highest BCUT2D eigenvalue weighted by molar-refractivity contribution is 5.98. The first-order valence-electron chi connectivity index (χ1n) is 7.99. The smallest absolute Gasteiger partial charge is 0.157 e. The number of hydrogen-bond donors (Lipinski definition) is 3. The molecule has 0 aliphatic carbocycles. The Labute approximate surface area is 151 Å². The molecule has 1 aromatic carbocycles. The van der Waals surface area contributed by atoms with Gasteiger partial charge in [-0.2, -0.15) is 0 Å². The first-order valence-corrected chi connectivity index (χ1v) is 7.99. The van der Waals surface area contributed by atoms with Crippen LogP contribution >= 0.6 is 0 Å². The highest BCUT2D eigenvalue weighted by Crippen LogP contribution is 2.31. The fourth-order valence-electron chi connectivity index (χ4n) is 2.47. The van der Waals surface area contributed by atoms with Crippen molar-refractivity contribution in [3.63, 3.8) is 0 Å². The molecular formula is C19H20N6O. The molecule has 7 heteroatoms. The number of hydrogen-bond acceptors (Lipinski definition) is 6. The largest absolute Gasteiger partial charge is 0.497 e. The van der Waals surface area contributed by atoms with Crippen molar-refractivity contribution in [1.29, 1.82) is 0 Å². The van der Waals surface area contributed by atoms with Crippen LogP contribution in [0.4, 0.5) is 17.3 Å². The van der Waals surface area contributed by atoms with Gasteiger partial charge in [0.15, 0.2) is 5.82 Å². The van der Waals surface area contributed by atoms with E-state index in [1.54, 1.807) is 32.5 Å². The lowest BCUT2D eigenvalue weighted by Gasteiger charge is -2.11. The van der Waals surface area contributed by atoms with Gasteiger partial charge >= 0.3 is 0 Å². The van der Waals surface area contributed by atoms with Gasteiger partial charge in [-0.25, -0.2) is 9.98 Å². The van der Waals surface area contributed by atoms with Gasteiger partial charge in [-0.15, -0.1) is 0 Å². The van der Waals surface area contributed by atoms with Crippen molar-refractivity contribution in [3.05, 3.63) is 60.6 Å². The van der Waals surface area contributed by atoms with Crippen molar-refractivity contribution < 1.29 is 4.74 Å². The van der Waals surface area contributed by atoms with E-state index >= 15 is 0 Å². The second-order valence-corrected chi connectivity index (χ2v) is 5.70. The van der Waals surface area contributed by atoms with Gasteiger partial charge in [-0.05, 0) is 54.8 Å². The van der Waals surface area contributed by atoms with Crippen LogP contribution in [0.3, 0.4) is 0 Å². The molecule has 0 saturated carbocycles. The van der Waals surface area contributed by atoms with Gasteiger partial charge in [-0.1, -0.05) is 0 Å². The molecule has 2 aromatic heterocycles. The standard InChI is InChI=1S/C19H20N6O/c1-12(20)9-17(21)24-18-11-13-10-15(26-2)3-4-16(13)19(25-18)23-14-5-7-22-8-6-14/h3-11H,20H2,1-2H3,(H3,21,22,23,24,25)/b12-9-. The predicted molar refractivity (Wildman–Crippen MR) is 105 cm³/mol. The molecule has 3 rings (SSSR count). The normalized spacial score (nSPS) is 12.2. The number of allylic oxidation sites excluding steroid dienone is 1. The van der Waals surface area contributed by atoms with Crippen LogP contribution in [0.15, 0.2) is 65.6 Å². The molecule has 5 N–H and O–H groups in total. The third-order valence-electron chi connectivity index (χ3n) is 3.59. The number of aliphatic imine (C=N–C) groups is 1. The molecule has 0 saturated heterocycles. The minimum atomic E-state index is 0.287. The van der Waals surface area contributed by atoms with Crippen LogP contribution in [0.5, 0.6) is 5.75 Å². The van der Waals surface area contributed by atoms with Crippen molar-refractivity contribution in [1.82, 2.24) is 9.97 Å². The van der Waals surface area contributed by atoms with E-state index in [4.69, 9.17) is 16.2 Å². The number of ether oxygens (including phenoxy) is 1. The lowest BCUT2D eigenvalue weighted by Crippen LogP contribution is -2.10. The van der Waals surface area contributed by atoms with Crippen LogP contribution in [-0.4, -0.2) is 22.9 Å². The van der Waals surface area contributed by atoms with E-state index < -0.39 is 0 Å². The summed E-state index contributed by atoms with van der Waals surface area (Å²) in [6.07, 6.45) is 5.01. The fourth-order valence-corrected chi connectivity index (χ4v) is 2.47. The first kappa shape index (κ1) is 17.2. The number of amidine groups is 1. The number of pyridine rings is 2. The van der Waals surface area contributed by atoms with Gasteiger partial charge in [0.05, 0.1) is 7.11 Å². The van der Waals surface area contributed by atoms with Crippen LogP contribution < -0.4 is 21.5 Å². The van der Waals surface area contributed by atoms with Crippen LogP contribution in [-0.2, 0) is 0 Å². The zero-order valence-electron chi connectivity index (χ0n) is 14.6. The Balaban J connectivity index is 2.12.